The van der Waals surface area contributed by atoms with Crippen molar-refractivity contribution >= 4 is 17.6 Å². The van der Waals surface area contributed by atoms with Crippen LogP contribution in [-0.4, -0.2) is 35.0 Å². The number of nitrogens with zero attached hydrogens (tertiary/aromatic N) is 1. The van der Waals surface area contributed by atoms with Crippen molar-refractivity contribution < 1.29 is 19.4 Å². The minimum Gasteiger partial charge on any atom is -0.491 e. The quantitative estimate of drug-likeness (QED) is 0.853. The summed E-state index contributed by atoms with van der Waals surface area (Å²) in [6, 6.07) is 4.88. The number of hydrogen-bond donors (Lipinski definition) is 2. The van der Waals surface area contributed by atoms with Crippen molar-refractivity contribution in [2.75, 3.05) is 13.7 Å². The smallest absolute Gasteiger partial charge is 0.353 e. The van der Waals surface area contributed by atoms with Gasteiger partial charge in [0.2, 0.25) is 0 Å². The largest absolute Gasteiger partial charge is 0.491 e. The molecule has 116 valence electrons. The van der Waals surface area contributed by atoms with Crippen LogP contribution >= 0.6 is 11.6 Å². The van der Waals surface area contributed by atoms with Crippen molar-refractivity contribution in [3.05, 3.63) is 28.9 Å². The first-order valence-corrected chi connectivity index (χ1v) is 7.25. The third-order valence-electron chi connectivity index (χ3n) is 3.49. The molecule has 1 saturated carbocycles. The second-order valence-corrected chi connectivity index (χ2v) is 5.62. The first-order valence-electron chi connectivity index (χ1n) is 6.88. The standard InChI is InChI=1S/C15H15ClN2O4/c1-21-14-10(16)4-9(5-13(14)22-7-8-2-3-8)11-6-12(15(19)20)18-17-11/h4-6,8H,2-3,7H2,1H3,(H,17,18)(H,19,20). The van der Waals surface area contributed by atoms with Crippen LogP contribution in [0.4, 0.5) is 0 Å². The van der Waals surface area contributed by atoms with E-state index in [4.69, 9.17) is 26.2 Å². The fourth-order valence-corrected chi connectivity index (χ4v) is 2.38. The average Bonchev–Trinajstić information content (AvgIpc) is 3.18. The number of carboxylic acid groups (broad SMARTS) is 1. The minimum absolute atomic E-state index is 0.0161. The summed E-state index contributed by atoms with van der Waals surface area (Å²) >= 11 is 6.23. The summed E-state index contributed by atoms with van der Waals surface area (Å²) in [4.78, 5) is 10.9. The van der Waals surface area contributed by atoms with E-state index in [1.165, 1.54) is 26.0 Å². The number of rotatable bonds is 6. The summed E-state index contributed by atoms with van der Waals surface area (Å²) in [6.45, 7) is 0.622. The summed E-state index contributed by atoms with van der Waals surface area (Å²) < 4.78 is 11.1. The lowest BCUT2D eigenvalue weighted by atomic mass is 10.1. The maximum atomic E-state index is 10.9. The molecule has 0 radical (unpaired) electrons. The molecule has 0 bridgehead atoms. The van der Waals surface area contributed by atoms with E-state index in [0.717, 1.165) is 0 Å². The van der Waals surface area contributed by atoms with E-state index in [9.17, 15) is 4.79 Å². The van der Waals surface area contributed by atoms with E-state index in [1.54, 1.807) is 12.1 Å². The van der Waals surface area contributed by atoms with Crippen molar-refractivity contribution in [2.45, 2.75) is 12.8 Å². The number of carbonyl (C=O) groups is 1. The molecule has 22 heavy (non-hydrogen) atoms. The van der Waals surface area contributed by atoms with Gasteiger partial charge in [-0.15, -0.1) is 0 Å². The molecule has 2 aromatic rings. The van der Waals surface area contributed by atoms with Crippen LogP contribution in [0.3, 0.4) is 0 Å². The number of carboxylic acids is 1. The van der Waals surface area contributed by atoms with E-state index in [1.807, 2.05) is 0 Å². The van der Waals surface area contributed by atoms with Crippen molar-refractivity contribution in [1.29, 1.82) is 0 Å². The molecule has 1 aromatic carbocycles. The molecule has 0 saturated heterocycles. The zero-order valence-electron chi connectivity index (χ0n) is 11.9. The number of aromatic carboxylic acids is 1. The summed E-state index contributed by atoms with van der Waals surface area (Å²) in [6.07, 6.45) is 2.36. The number of aromatic nitrogens is 2. The van der Waals surface area contributed by atoms with Gasteiger partial charge in [0.05, 0.1) is 24.4 Å². The molecule has 3 rings (SSSR count). The molecule has 0 atom stereocenters. The van der Waals surface area contributed by atoms with Crippen LogP contribution in [0.25, 0.3) is 11.3 Å². The molecular formula is C15H15ClN2O4. The number of halogens is 1. The summed E-state index contributed by atoms with van der Waals surface area (Å²) in [5, 5.41) is 15.8. The van der Waals surface area contributed by atoms with E-state index in [-0.39, 0.29) is 5.69 Å². The van der Waals surface area contributed by atoms with Crippen molar-refractivity contribution in [1.82, 2.24) is 10.2 Å². The highest BCUT2D eigenvalue weighted by Crippen LogP contribution is 2.40. The molecule has 1 aliphatic rings. The zero-order chi connectivity index (χ0) is 15.7. The van der Waals surface area contributed by atoms with Gasteiger partial charge in [-0.05, 0) is 37.0 Å². The highest BCUT2D eigenvalue weighted by Gasteiger charge is 2.23. The van der Waals surface area contributed by atoms with E-state index < -0.39 is 5.97 Å². The molecule has 1 fully saturated rings. The molecule has 0 spiro atoms. The molecule has 0 aliphatic heterocycles. The number of aromatic amines is 1. The van der Waals surface area contributed by atoms with E-state index in [0.29, 0.717) is 40.3 Å². The molecule has 1 heterocycles. The molecule has 1 aromatic heterocycles. The Labute approximate surface area is 132 Å². The third kappa shape index (κ3) is 3.01. The van der Waals surface area contributed by atoms with Gasteiger partial charge < -0.3 is 14.6 Å². The van der Waals surface area contributed by atoms with Crippen molar-refractivity contribution in [3.63, 3.8) is 0 Å². The Kier molecular flexibility index (Phi) is 3.94. The normalized spacial score (nSPS) is 13.9. The van der Waals surface area contributed by atoms with Gasteiger partial charge in [0.25, 0.3) is 0 Å². The minimum atomic E-state index is -1.07. The van der Waals surface area contributed by atoms with Gasteiger partial charge in [-0.2, -0.15) is 5.10 Å². The number of nitrogens with one attached hydrogen (secondary N) is 1. The molecule has 0 amide bonds. The Morgan fingerprint density at radius 2 is 2.23 bits per heavy atom. The molecule has 7 heteroatoms. The van der Waals surface area contributed by atoms with Crippen LogP contribution in [0, 0.1) is 5.92 Å². The maximum Gasteiger partial charge on any atom is 0.353 e. The summed E-state index contributed by atoms with van der Waals surface area (Å²) in [5.41, 5.74) is 1.17. The highest BCUT2D eigenvalue weighted by molar-refractivity contribution is 6.32. The first kappa shape index (κ1) is 14.7. The monoisotopic (exact) mass is 322 g/mol. The van der Waals surface area contributed by atoms with Crippen molar-refractivity contribution in [2.24, 2.45) is 5.92 Å². The summed E-state index contributed by atoms with van der Waals surface area (Å²) in [7, 11) is 1.53. The van der Waals surface area contributed by atoms with Gasteiger partial charge in [0, 0.05) is 5.56 Å². The lowest BCUT2D eigenvalue weighted by Gasteiger charge is -2.13. The van der Waals surface area contributed by atoms with Crippen LogP contribution < -0.4 is 9.47 Å². The van der Waals surface area contributed by atoms with E-state index in [2.05, 4.69) is 10.2 Å². The lowest BCUT2D eigenvalue weighted by Crippen LogP contribution is -2.01. The number of ether oxygens (including phenoxy) is 2. The van der Waals surface area contributed by atoms with Gasteiger partial charge in [-0.1, -0.05) is 11.6 Å². The molecular weight excluding hydrogens is 308 g/mol. The zero-order valence-corrected chi connectivity index (χ0v) is 12.7. The van der Waals surface area contributed by atoms with Crippen LogP contribution in [0.15, 0.2) is 18.2 Å². The topological polar surface area (TPSA) is 84.4 Å². The van der Waals surface area contributed by atoms with E-state index >= 15 is 0 Å². The van der Waals surface area contributed by atoms with Crippen molar-refractivity contribution in [3.8, 4) is 22.8 Å². The fraction of sp³-hybridized carbons (Fsp3) is 0.333. The Bertz CT molecular complexity index is 710. The highest BCUT2D eigenvalue weighted by atomic mass is 35.5. The molecule has 2 N–H and O–H groups in total. The van der Waals surface area contributed by atoms with Gasteiger partial charge in [-0.3, -0.25) is 5.10 Å². The third-order valence-corrected chi connectivity index (χ3v) is 3.77. The number of H-pyrrole nitrogens is 1. The summed E-state index contributed by atoms with van der Waals surface area (Å²) in [5.74, 6) is 0.538. The predicted molar refractivity (Wildman–Crippen MR) is 80.8 cm³/mol. The Morgan fingerprint density at radius 3 is 2.82 bits per heavy atom. The predicted octanol–water partition coefficient (Wildman–Crippen LogP) is 3.23. The lowest BCUT2D eigenvalue weighted by molar-refractivity contribution is 0.0690. The van der Waals surface area contributed by atoms with Crippen LogP contribution in [0.2, 0.25) is 5.02 Å². The Hall–Kier alpha value is -2.21. The Balaban J connectivity index is 1.94. The first-order chi connectivity index (χ1) is 10.6. The average molecular weight is 323 g/mol. The Morgan fingerprint density at radius 1 is 1.45 bits per heavy atom. The number of hydrogen-bond acceptors (Lipinski definition) is 4. The number of methoxy groups -OCH3 is 1. The number of benzene rings is 1. The van der Waals surface area contributed by atoms with Gasteiger partial charge in [-0.25, -0.2) is 4.79 Å². The van der Waals surface area contributed by atoms with Crippen LogP contribution in [0.1, 0.15) is 23.3 Å². The maximum absolute atomic E-state index is 10.9. The SMILES string of the molecule is COc1c(Cl)cc(-c2cc(C(=O)O)[nH]n2)cc1OCC1CC1. The fourth-order valence-electron chi connectivity index (χ4n) is 2.09. The molecule has 6 nitrogen and oxygen atoms in total. The molecule has 0 unspecified atom stereocenters. The second kappa shape index (κ2) is 5.88. The second-order valence-electron chi connectivity index (χ2n) is 5.22. The van der Waals surface area contributed by atoms with Gasteiger partial charge in [0.1, 0.15) is 5.69 Å². The van der Waals surface area contributed by atoms with Gasteiger partial charge >= 0.3 is 5.97 Å². The van der Waals surface area contributed by atoms with Crippen LogP contribution in [-0.2, 0) is 0 Å². The van der Waals surface area contributed by atoms with Gasteiger partial charge in [0.15, 0.2) is 11.5 Å². The van der Waals surface area contributed by atoms with Crippen LogP contribution in [0.5, 0.6) is 11.5 Å². The molecule has 1 aliphatic carbocycles.